The van der Waals surface area contributed by atoms with Gasteiger partial charge in [0.1, 0.15) is 0 Å². The van der Waals surface area contributed by atoms with E-state index in [4.69, 9.17) is 10.8 Å². The van der Waals surface area contributed by atoms with E-state index in [1.54, 1.807) is 0 Å². The fraction of sp³-hybridized carbons (Fsp3) is 0.846. The van der Waals surface area contributed by atoms with Crippen LogP contribution in [0.1, 0.15) is 26.7 Å². The van der Waals surface area contributed by atoms with E-state index in [1.165, 1.54) is 0 Å². The number of carbonyl (C=O) groups excluding carboxylic acids is 1. The van der Waals surface area contributed by atoms with Gasteiger partial charge in [-0.15, -0.1) is 0 Å². The van der Waals surface area contributed by atoms with Crippen molar-refractivity contribution in [3.63, 3.8) is 0 Å². The van der Waals surface area contributed by atoms with E-state index in [1.807, 2.05) is 4.90 Å². The molecule has 0 aromatic rings. The normalized spacial score (nSPS) is 24.6. The Hall–Kier alpha value is -1.14. The van der Waals surface area contributed by atoms with E-state index in [0.717, 1.165) is 13.0 Å². The maximum absolute atomic E-state index is 11.1. The Morgan fingerprint density at radius 3 is 2.63 bits per heavy atom. The first kappa shape index (κ1) is 15.9. The average molecular weight is 271 g/mol. The van der Waals surface area contributed by atoms with Crippen LogP contribution >= 0.6 is 0 Å². The highest BCUT2D eigenvalue weighted by molar-refractivity contribution is 5.76. The zero-order chi connectivity index (χ0) is 14.4. The molecule has 0 aliphatic carbocycles. The number of hydrogen-bond acceptors (Lipinski definition) is 4. The summed E-state index contributed by atoms with van der Waals surface area (Å²) >= 11 is 0. The molecule has 0 aromatic carbocycles. The molecule has 0 bridgehead atoms. The van der Waals surface area contributed by atoms with Crippen molar-refractivity contribution in [1.82, 2.24) is 10.2 Å². The highest BCUT2D eigenvalue weighted by Gasteiger charge is 2.31. The van der Waals surface area contributed by atoms with Crippen molar-refractivity contribution in [2.75, 3.05) is 26.2 Å². The Bertz CT molecular complexity index is 320. The Labute approximate surface area is 114 Å². The Balaban J connectivity index is 2.49. The molecule has 2 atom stereocenters. The molecule has 1 aliphatic heterocycles. The molecule has 110 valence electrons. The van der Waals surface area contributed by atoms with E-state index >= 15 is 0 Å². The predicted molar refractivity (Wildman–Crippen MR) is 72.6 cm³/mol. The lowest BCUT2D eigenvalue weighted by atomic mass is 9.94. The monoisotopic (exact) mass is 271 g/mol. The van der Waals surface area contributed by atoms with Crippen LogP contribution in [0.4, 0.5) is 0 Å². The number of nitrogens with two attached hydrogens (primary N) is 1. The van der Waals surface area contributed by atoms with Crippen LogP contribution in [0.5, 0.6) is 0 Å². The van der Waals surface area contributed by atoms with Gasteiger partial charge in [-0.2, -0.15) is 0 Å². The number of primary amides is 1. The summed E-state index contributed by atoms with van der Waals surface area (Å²) in [6, 6.07) is 0.118. The number of carboxylic acid groups (broad SMARTS) is 1. The number of amides is 1. The van der Waals surface area contributed by atoms with Gasteiger partial charge in [-0.25, -0.2) is 0 Å². The second-order valence-corrected chi connectivity index (χ2v) is 5.76. The third-order valence-corrected chi connectivity index (χ3v) is 3.41. The van der Waals surface area contributed by atoms with Gasteiger partial charge in [-0.1, -0.05) is 13.8 Å². The number of hydrogen-bond donors (Lipinski definition) is 3. The Kier molecular flexibility index (Phi) is 6.24. The summed E-state index contributed by atoms with van der Waals surface area (Å²) in [7, 11) is 0. The SMILES string of the molecule is CC(C)CCNC1CC(C(=O)O)CN(CC(N)=O)C1. The van der Waals surface area contributed by atoms with Crippen LogP contribution in [0.2, 0.25) is 0 Å². The maximum atomic E-state index is 11.1. The van der Waals surface area contributed by atoms with Crippen LogP contribution in [0.15, 0.2) is 0 Å². The van der Waals surface area contributed by atoms with Crippen molar-refractivity contribution in [1.29, 1.82) is 0 Å². The van der Waals surface area contributed by atoms with Crippen molar-refractivity contribution in [2.45, 2.75) is 32.7 Å². The second kappa shape index (κ2) is 7.45. The molecule has 0 spiro atoms. The van der Waals surface area contributed by atoms with Crippen molar-refractivity contribution >= 4 is 11.9 Å². The fourth-order valence-corrected chi connectivity index (χ4v) is 2.44. The van der Waals surface area contributed by atoms with Gasteiger partial charge in [-0.3, -0.25) is 14.5 Å². The molecule has 4 N–H and O–H groups in total. The summed E-state index contributed by atoms with van der Waals surface area (Å²) in [5.41, 5.74) is 5.18. The lowest BCUT2D eigenvalue weighted by Crippen LogP contribution is -2.53. The van der Waals surface area contributed by atoms with Crippen LogP contribution in [0, 0.1) is 11.8 Å². The van der Waals surface area contributed by atoms with Crippen LogP contribution in [0.3, 0.4) is 0 Å². The molecular weight excluding hydrogens is 246 g/mol. The van der Waals surface area contributed by atoms with E-state index in [-0.39, 0.29) is 12.6 Å². The molecule has 6 nitrogen and oxygen atoms in total. The van der Waals surface area contributed by atoms with E-state index in [2.05, 4.69) is 19.2 Å². The van der Waals surface area contributed by atoms with Crippen LogP contribution < -0.4 is 11.1 Å². The molecule has 0 aromatic heterocycles. The Morgan fingerprint density at radius 1 is 1.42 bits per heavy atom. The topological polar surface area (TPSA) is 95.7 Å². The molecule has 0 radical (unpaired) electrons. The molecule has 0 saturated carbocycles. The van der Waals surface area contributed by atoms with Gasteiger partial charge in [0, 0.05) is 19.1 Å². The zero-order valence-electron chi connectivity index (χ0n) is 11.8. The first-order chi connectivity index (χ1) is 8.88. The van der Waals surface area contributed by atoms with Crippen molar-refractivity contribution in [3.8, 4) is 0 Å². The Morgan fingerprint density at radius 2 is 2.11 bits per heavy atom. The molecule has 2 unspecified atom stereocenters. The smallest absolute Gasteiger partial charge is 0.307 e. The predicted octanol–water partition coefficient (Wildman–Crippen LogP) is -0.117. The number of nitrogens with one attached hydrogen (secondary N) is 1. The van der Waals surface area contributed by atoms with Crippen molar-refractivity contribution in [2.24, 2.45) is 17.6 Å². The fourth-order valence-electron chi connectivity index (χ4n) is 2.44. The van der Waals surface area contributed by atoms with Crippen LogP contribution in [-0.4, -0.2) is 54.1 Å². The minimum Gasteiger partial charge on any atom is -0.481 e. The zero-order valence-corrected chi connectivity index (χ0v) is 11.8. The van der Waals surface area contributed by atoms with Gasteiger partial charge in [0.2, 0.25) is 5.91 Å². The maximum Gasteiger partial charge on any atom is 0.307 e. The largest absolute Gasteiger partial charge is 0.481 e. The molecule has 1 saturated heterocycles. The lowest BCUT2D eigenvalue weighted by molar-refractivity contribution is -0.144. The summed E-state index contributed by atoms with van der Waals surface area (Å²) in [5, 5.41) is 12.5. The van der Waals surface area contributed by atoms with Crippen molar-refractivity contribution < 1.29 is 14.7 Å². The number of carboxylic acids is 1. The van der Waals surface area contributed by atoms with E-state index in [9.17, 15) is 9.59 Å². The van der Waals surface area contributed by atoms with Crippen LogP contribution in [0.25, 0.3) is 0 Å². The summed E-state index contributed by atoms with van der Waals surface area (Å²) < 4.78 is 0. The molecule has 1 aliphatic rings. The minimum absolute atomic E-state index is 0.118. The van der Waals surface area contributed by atoms with Gasteiger partial charge in [0.15, 0.2) is 0 Å². The molecule has 1 fully saturated rings. The minimum atomic E-state index is -0.801. The summed E-state index contributed by atoms with van der Waals surface area (Å²) in [4.78, 5) is 23.9. The third-order valence-electron chi connectivity index (χ3n) is 3.41. The summed E-state index contributed by atoms with van der Waals surface area (Å²) in [5.74, 6) is -1.02. The number of aliphatic carboxylic acids is 1. The first-order valence-electron chi connectivity index (χ1n) is 6.85. The first-order valence-corrected chi connectivity index (χ1v) is 6.85. The summed E-state index contributed by atoms with van der Waals surface area (Å²) in [6.45, 7) is 6.40. The second-order valence-electron chi connectivity index (χ2n) is 5.76. The highest BCUT2D eigenvalue weighted by atomic mass is 16.4. The third kappa shape index (κ3) is 6.02. The molecule has 6 heteroatoms. The number of piperidine rings is 1. The average Bonchev–Trinajstić information content (AvgIpc) is 2.27. The lowest BCUT2D eigenvalue weighted by Gasteiger charge is -2.36. The van der Waals surface area contributed by atoms with Crippen LogP contribution in [-0.2, 0) is 9.59 Å². The highest BCUT2D eigenvalue weighted by Crippen LogP contribution is 2.17. The molecule has 1 rings (SSSR count). The van der Waals surface area contributed by atoms with Gasteiger partial charge < -0.3 is 16.2 Å². The summed E-state index contributed by atoms with van der Waals surface area (Å²) in [6.07, 6.45) is 1.67. The van der Waals surface area contributed by atoms with Gasteiger partial charge in [0.05, 0.1) is 12.5 Å². The molecular formula is C13H25N3O3. The number of carbonyl (C=O) groups is 2. The van der Waals surface area contributed by atoms with Gasteiger partial charge in [0.25, 0.3) is 0 Å². The standard InChI is InChI=1S/C13H25N3O3/c1-9(2)3-4-15-11-5-10(13(18)19)6-16(7-11)8-12(14)17/h9-11,15H,3-8H2,1-2H3,(H2,14,17)(H,18,19). The molecule has 1 amide bonds. The van der Waals surface area contributed by atoms with E-state index in [0.29, 0.717) is 25.4 Å². The number of nitrogens with zero attached hydrogens (tertiary/aromatic N) is 1. The molecule has 1 heterocycles. The number of likely N-dealkylation sites (tertiary alicyclic amines) is 1. The number of rotatable bonds is 7. The van der Waals surface area contributed by atoms with E-state index < -0.39 is 17.8 Å². The quantitative estimate of drug-likeness (QED) is 0.600. The van der Waals surface area contributed by atoms with Gasteiger partial charge in [-0.05, 0) is 25.3 Å². The molecule has 19 heavy (non-hydrogen) atoms. The van der Waals surface area contributed by atoms with Gasteiger partial charge >= 0.3 is 5.97 Å². The van der Waals surface area contributed by atoms with Crippen molar-refractivity contribution in [3.05, 3.63) is 0 Å².